The van der Waals surface area contributed by atoms with Gasteiger partial charge in [0.25, 0.3) is 0 Å². The zero-order valence-corrected chi connectivity index (χ0v) is 12.7. The van der Waals surface area contributed by atoms with Crippen LogP contribution >= 0.6 is 0 Å². The Morgan fingerprint density at radius 1 is 1.21 bits per heavy atom. The largest absolute Gasteiger partial charge is 0.340 e. The Kier molecular flexibility index (Phi) is 4.61. The average Bonchev–Trinajstić information content (AvgIpc) is 2.61. The zero-order chi connectivity index (χ0) is 13.9. The monoisotopic (exact) mass is 265 g/mol. The van der Waals surface area contributed by atoms with Crippen molar-refractivity contribution in [2.45, 2.75) is 72.4 Å². The molecule has 0 aliphatic heterocycles. The molecule has 2 rings (SSSR count). The summed E-state index contributed by atoms with van der Waals surface area (Å²) in [6, 6.07) is 0.603. The maximum absolute atomic E-state index is 4.99. The van der Waals surface area contributed by atoms with Crippen molar-refractivity contribution in [1.82, 2.24) is 15.5 Å². The van der Waals surface area contributed by atoms with E-state index in [9.17, 15) is 0 Å². The van der Waals surface area contributed by atoms with E-state index in [1.54, 1.807) is 0 Å². The van der Waals surface area contributed by atoms with E-state index in [1.165, 1.54) is 32.1 Å². The molecule has 4 heteroatoms. The molecule has 1 aliphatic carbocycles. The van der Waals surface area contributed by atoms with Gasteiger partial charge in [-0.1, -0.05) is 32.3 Å². The van der Waals surface area contributed by atoms with Crippen LogP contribution in [0.1, 0.15) is 64.6 Å². The van der Waals surface area contributed by atoms with E-state index in [-0.39, 0.29) is 0 Å². The van der Waals surface area contributed by atoms with Crippen LogP contribution in [-0.4, -0.2) is 16.2 Å². The first kappa shape index (κ1) is 14.5. The van der Waals surface area contributed by atoms with Crippen LogP contribution in [0.2, 0.25) is 0 Å². The van der Waals surface area contributed by atoms with Crippen molar-refractivity contribution in [2.75, 3.05) is 0 Å². The molecule has 4 nitrogen and oxygen atoms in total. The molecule has 1 heterocycles. The van der Waals surface area contributed by atoms with Crippen LogP contribution in [0.15, 0.2) is 4.52 Å². The summed E-state index contributed by atoms with van der Waals surface area (Å²) < 4.78 is 4.99. The van der Waals surface area contributed by atoms with Crippen molar-refractivity contribution in [3.63, 3.8) is 0 Å². The normalized spacial score (nSPS) is 25.3. The molecule has 1 aromatic heterocycles. The summed E-state index contributed by atoms with van der Waals surface area (Å²) in [5.74, 6) is 2.27. The molecule has 0 spiro atoms. The molecule has 1 saturated carbocycles. The lowest BCUT2D eigenvalue weighted by Crippen LogP contribution is -2.28. The van der Waals surface area contributed by atoms with Gasteiger partial charge < -0.3 is 9.84 Å². The number of nitrogens with zero attached hydrogens (tertiary/aromatic N) is 2. The van der Waals surface area contributed by atoms with Crippen LogP contribution in [-0.2, 0) is 6.54 Å². The number of hydrogen-bond donors (Lipinski definition) is 1. The van der Waals surface area contributed by atoms with Gasteiger partial charge in [0, 0.05) is 13.0 Å². The molecule has 0 radical (unpaired) electrons. The minimum absolute atomic E-state index is 0.444. The highest BCUT2D eigenvalue weighted by Crippen LogP contribution is 2.36. The van der Waals surface area contributed by atoms with Gasteiger partial charge in [-0.05, 0) is 37.0 Å². The number of aromatic nitrogens is 2. The fraction of sp³-hybridized carbons (Fsp3) is 0.867. The van der Waals surface area contributed by atoms with Gasteiger partial charge in [-0.25, -0.2) is 0 Å². The Labute approximate surface area is 116 Å². The quantitative estimate of drug-likeness (QED) is 0.850. The van der Waals surface area contributed by atoms with Gasteiger partial charge in [-0.15, -0.1) is 0 Å². The second-order valence-corrected chi connectivity index (χ2v) is 6.88. The fourth-order valence-electron chi connectivity index (χ4n) is 3.02. The molecule has 1 fully saturated rings. The zero-order valence-electron chi connectivity index (χ0n) is 12.7. The SMILES string of the molecule is Cc1nc(CNC2CCCC(C(C)(C)C)CC2)no1. The molecule has 0 amide bonds. The third-order valence-electron chi connectivity index (χ3n) is 4.31. The first-order valence-electron chi connectivity index (χ1n) is 7.47. The number of nitrogens with one attached hydrogen (secondary N) is 1. The van der Waals surface area contributed by atoms with E-state index < -0.39 is 0 Å². The highest BCUT2D eigenvalue weighted by Gasteiger charge is 2.27. The number of rotatable bonds is 3. The molecule has 1 aromatic rings. The maximum atomic E-state index is 4.99. The van der Waals surface area contributed by atoms with Gasteiger partial charge in [0.2, 0.25) is 5.89 Å². The molecule has 0 bridgehead atoms. The maximum Gasteiger partial charge on any atom is 0.223 e. The predicted molar refractivity (Wildman–Crippen MR) is 75.7 cm³/mol. The van der Waals surface area contributed by atoms with Crippen molar-refractivity contribution in [2.24, 2.45) is 11.3 Å². The van der Waals surface area contributed by atoms with Gasteiger partial charge in [0.05, 0.1) is 6.54 Å². The van der Waals surface area contributed by atoms with E-state index in [0.717, 1.165) is 18.3 Å². The Morgan fingerprint density at radius 3 is 2.63 bits per heavy atom. The molecule has 2 atom stereocenters. The van der Waals surface area contributed by atoms with Crippen molar-refractivity contribution in [3.05, 3.63) is 11.7 Å². The molecule has 1 N–H and O–H groups in total. The van der Waals surface area contributed by atoms with Crippen molar-refractivity contribution in [3.8, 4) is 0 Å². The van der Waals surface area contributed by atoms with E-state index in [4.69, 9.17) is 4.52 Å². The number of hydrogen-bond acceptors (Lipinski definition) is 4. The third-order valence-corrected chi connectivity index (χ3v) is 4.31. The lowest BCUT2D eigenvalue weighted by atomic mass is 9.76. The van der Waals surface area contributed by atoms with Gasteiger partial charge in [-0.3, -0.25) is 0 Å². The summed E-state index contributed by atoms with van der Waals surface area (Å²) in [7, 11) is 0. The molecule has 2 unspecified atom stereocenters. The van der Waals surface area contributed by atoms with Gasteiger partial charge in [0.1, 0.15) is 0 Å². The van der Waals surface area contributed by atoms with Gasteiger partial charge in [0.15, 0.2) is 5.82 Å². The molecule has 0 saturated heterocycles. The second kappa shape index (κ2) is 6.04. The molecular weight excluding hydrogens is 238 g/mol. The standard InChI is InChI=1S/C15H27N3O/c1-11-17-14(18-19-11)10-16-13-7-5-6-12(8-9-13)15(2,3)4/h12-13,16H,5-10H2,1-4H3. The smallest absolute Gasteiger partial charge is 0.223 e. The first-order valence-corrected chi connectivity index (χ1v) is 7.47. The Hall–Kier alpha value is -0.900. The van der Waals surface area contributed by atoms with Crippen LogP contribution in [0, 0.1) is 18.3 Å². The lowest BCUT2D eigenvalue weighted by Gasteiger charge is -2.29. The summed E-state index contributed by atoms with van der Waals surface area (Å²) >= 11 is 0. The van der Waals surface area contributed by atoms with E-state index in [1.807, 2.05) is 6.92 Å². The van der Waals surface area contributed by atoms with Crippen LogP contribution in [0.25, 0.3) is 0 Å². The molecule has 0 aromatic carbocycles. The van der Waals surface area contributed by atoms with Gasteiger partial charge in [-0.2, -0.15) is 4.98 Å². The Bertz CT molecular complexity index is 394. The lowest BCUT2D eigenvalue weighted by molar-refractivity contribution is 0.213. The molecular formula is C15H27N3O. The average molecular weight is 265 g/mol. The van der Waals surface area contributed by atoms with Crippen molar-refractivity contribution < 1.29 is 4.52 Å². The summed E-state index contributed by atoms with van der Waals surface area (Å²) in [6.45, 7) is 9.66. The second-order valence-electron chi connectivity index (χ2n) is 6.88. The summed E-state index contributed by atoms with van der Waals surface area (Å²) in [4.78, 5) is 4.23. The Balaban J connectivity index is 1.80. The van der Waals surface area contributed by atoms with Crippen molar-refractivity contribution in [1.29, 1.82) is 0 Å². The topological polar surface area (TPSA) is 51.0 Å². The summed E-state index contributed by atoms with van der Waals surface area (Å²) in [5, 5.41) is 7.51. The Morgan fingerprint density at radius 2 is 2.00 bits per heavy atom. The van der Waals surface area contributed by atoms with Crippen LogP contribution in [0.5, 0.6) is 0 Å². The summed E-state index contributed by atoms with van der Waals surface area (Å²) in [5.41, 5.74) is 0.444. The van der Waals surface area contributed by atoms with Crippen LogP contribution < -0.4 is 5.32 Å². The minimum atomic E-state index is 0.444. The first-order chi connectivity index (χ1) is 8.95. The highest BCUT2D eigenvalue weighted by atomic mass is 16.5. The van der Waals surface area contributed by atoms with Crippen LogP contribution in [0.4, 0.5) is 0 Å². The molecule has 108 valence electrons. The van der Waals surface area contributed by atoms with E-state index in [0.29, 0.717) is 17.3 Å². The number of aryl methyl sites for hydroxylation is 1. The third kappa shape index (κ3) is 4.30. The highest BCUT2D eigenvalue weighted by molar-refractivity contribution is 4.86. The van der Waals surface area contributed by atoms with Crippen LogP contribution in [0.3, 0.4) is 0 Å². The predicted octanol–water partition coefficient (Wildman–Crippen LogP) is 3.46. The van der Waals surface area contributed by atoms with E-state index >= 15 is 0 Å². The van der Waals surface area contributed by atoms with Gasteiger partial charge >= 0.3 is 0 Å². The summed E-state index contributed by atoms with van der Waals surface area (Å²) in [6.07, 6.45) is 6.54. The molecule has 19 heavy (non-hydrogen) atoms. The fourth-order valence-corrected chi connectivity index (χ4v) is 3.02. The van der Waals surface area contributed by atoms with E-state index in [2.05, 4.69) is 36.2 Å². The molecule has 1 aliphatic rings. The minimum Gasteiger partial charge on any atom is -0.340 e. The van der Waals surface area contributed by atoms with Crippen molar-refractivity contribution >= 4 is 0 Å².